The number of carboxylic acid groups (broad SMARTS) is 1. The second kappa shape index (κ2) is 24.6. The van der Waals surface area contributed by atoms with Gasteiger partial charge >= 0.3 is 23.9 Å². The van der Waals surface area contributed by atoms with Gasteiger partial charge in [-0.2, -0.15) is 0 Å². The molecule has 14 nitrogen and oxygen atoms in total. The van der Waals surface area contributed by atoms with Gasteiger partial charge in [0.15, 0.2) is 11.6 Å². The Labute approximate surface area is 307 Å². The average Bonchev–Trinajstić information content (AvgIpc) is 3.12. The highest BCUT2D eigenvalue weighted by atomic mass is 16.6. The van der Waals surface area contributed by atoms with Crippen LogP contribution in [0.25, 0.3) is 0 Å². The van der Waals surface area contributed by atoms with Gasteiger partial charge in [0.2, 0.25) is 0 Å². The fraction of sp³-hybridized carbons (Fsp3) is 0.385. The van der Waals surface area contributed by atoms with E-state index in [1.165, 1.54) is 24.3 Å². The van der Waals surface area contributed by atoms with E-state index in [-0.39, 0.29) is 82.0 Å². The molecule has 3 aromatic rings. The first-order chi connectivity index (χ1) is 25.4. The molecule has 0 saturated carbocycles. The Kier molecular flexibility index (Phi) is 20.2. The summed E-state index contributed by atoms with van der Waals surface area (Å²) in [4.78, 5) is 70.3. The summed E-state index contributed by atoms with van der Waals surface area (Å²) in [6.07, 6.45) is 0.409. The van der Waals surface area contributed by atoms with Crippen molar-refractivity contribution in [2.45, 2.75) is 46.1 Å². The highest BCUT2D eigenvalue weighted by Gasteiger charge is 2.25. The number of carbonyl (C=O) groups excluding carboxylic acids is 5. The number of hydrogen-bond donors (Lipinski definition) is 3. The predicted octanol–water partition coefficient (Wildman–Crippen LogP) is 4.01. The zero-order valence-corrected chi connectivity index (χ0v) is 29.8. The third kappa shape index (κ3) is 19.0. The molecule has 0 aliphatic carbocycles. The van der Waals surface area contributed by atoms with Gasteiger partial charge in [-0.1, -0.05) is 54.6 Å². The van der Waals surface area contributed by atoms with Crippen LogP contribution in [0.3, 0.4) is 0 Å². The lowest BCUT2D eigenvalue weighted by molar-refractivity contribution is -0.153. The molecule has 2 unspecified atom stereocenters. The van der Waals surface area contributed by atoms with Gasteiger partial charge in [-0.3, -0.25) is 19.2 Å². The number of rotatable bonds is 22. The molecular formula is C39H46O14. The first-order valence-electron chi connectivity index (χ1n) is 16.9. The Balaban J connectivity index is 0.000000381. The van der Waals surface area contributed by atoms with Crippen molar-refractivity contribution in [3.05, 3.63) is 95.6 Å². The quantitative estimate of drug-likeness (QED) is 0.0983. The Hall–Kier alpha value is -5.60. The van der Waals surface area contributed by atoms with E-state index in [1.54, 1.807) is 38.1 Å². The summed E-state index contributed by atoms with van der Waals surface area (Å²) in [5.74, 6) is -4.51. The summed E-state index contributed by atoms with van der Waals surface area (Å²) in [6.45, 7) is 2.35. The normalized spacial score (nSPS) is 11.6. The maximum atomic E-state index is 12.2. The van der Waals surface area contributed by atoms with Crippen LogP contribution in [0.5, 0.6) is 11.5 Å². The summed E-state index contributed by atoms with van der Waals surface area (Å²) >= 11 is 0. The van der Waals surface area contributed by atoms with Crippen molar-refractivity contribution >= 4 is 35.4 Å². The summed E-state index contributed by atoms with van der Waals surface area (Å²) in [7, 11) is 0. The third-order valence-corrected chi connectivity index (χ3v) is 7.24. The van der Waals surface area contributed by atoms with Crippen LogP contribution >= 0.6 is 0 Å². The van der Waals surface area contributed by atoms with Gasteiger partial charge in [-0.25, -0.2) is 9.59 Å². The number of phenolic OH excluding ortho intramolecular Hbond substituents is 2. The highest BCUT2D eigenvalue weighted by Crippen LogP contribution is 2.19. The van der Waals surface area contributed by atoms with E-state index in [4.69, 9.17) is 28.8 Å². The van der Waals surface area contributed by atoms with Crippen molar-refractivity contribution in [2.24, 2.45) is 11.8 Å². The lowest BCUT2D eigenvalue weighted by Crippen LogP contribution is -2.25. The zero-order chi connectivity index (χ0) is 39.0. The van der Waals surface area contributed by atoms with Crippen LogP contribution in [-0.2, 0) is 71.9 Å². The Morgan fingerprint density at radius 3 is 1.40 bits per heavy atom. The molecule has 53 heavy (non-hydrogen) atoms. The number of carboxylic acids is 1. The van der Waals surface area contributed by atoms with E-state index in [0.717, 1.165) is 16.7 Å². The molecule has 0 aliphatic rings. The van der Waals surface area contributed by atoms with Gasteiger partial charge in [0, 0.05) is 12.8 Å². The van der Waals surface area contributed by atoms with E-state index >= 15 is 0 Å². The topological polar surface area (TPSA) is 209 Å². The van der Waals surface area contributed by atoms with E-state index < -0.39 is 42.3 Å². The second-order valence-electron chi connectivity index (χ2n) is 11.7. The van der Waals surface area contributed by atoms with Gasteiger partial charge in [-0.05, 0) is 67.6 Å². The van der Waals surface area contributed by atoms with E-state index in [0.29, 0.717) is 6.42 Å². The van der Waals surface area contributed by atoms with Crippen molar-refractivity contribution in [1.82, 2.24) is 0 Å². The molecule has 3 N–H and O–H groups in total. The monoisotopic (exact) mass is 738 g/mol. The molecule has 0 fully saturated rings. The molecule has 14 heteroatoms. The maximum Gasteiger partial charge on any atom is 0.332 e. The molecule has 0 heterocycles. The average molecular weight is 739 g/mol. The molecule has 286 valence electrons. The summed E-state index contributed by atoms with van der Waals surface area (Å²) in [5.41, 5.74) is 2.43. The minimum absolute atomic E-state index is 0.0707. The van der Waals surface area contributed by atoms with Crippen molar-refractivity contribution < 1.29 is 67.8 Å². The van der Waals surface area contributed by atoms with Gasteiger partial charge in [0.25, 0.3) is 0 Å². The zero-order valence-electron chi connectivity index (χ0n) is 29.8. The molecular weight excluding hydrogens is 692 g/mol. The number of ketones is 2. The summed E-state index contributed by atoms with van der Waals surface area (Å²) in [5, 5.41) is 27.1. The van der Waals surface area contributed by atoms with Crippen LogP contribution in [-0.4, -0.2) is 90.4 Å². The number of carbonyl (C=O) groups is 6. The molecule has 0 amide bonds. The molecule has 0 saturated heterocycles. The van der Waals surface area contributed by atoms with E-state index in [1.807, 2.05) is 30.3 Å². The molecule has 0 aromatic heterocycles. The molecule has 0 bridgehead atoms. The van der Waals surface area contributed by atoms with Gasteiger partial charge in [-0.15, -0.1) is 0 Å². The largest absolute Gasteiger partial charge is 0.508 e. The fourth-order valence-electron chi connectivity index (χ4n) is 4.78. The number of benzene rings is 3. The van der Waals surface area contributed by atoms with Crippen LogP contribution in [0.15, 0.2) is 78.9 Å². The fourth-order valence-corrected chi connectivity index (χ4v) is 4.78. The highest BCUT2D eigenvalue weighted by molar-refractivity contribution is 5.86. The molecule has 3 rings (SSSR count). The lowest BCUT2D eigenvalue weighted by atomic mass is 9.94. The van der Waals surface area contributed by atoms with Crippen LogP contribution < -0.4 is 0 Å². The Bertz CT molecular complexity index is 1590. The summed E-state index contributed by atoms with van der Waals surface area (Å²) in [6, 6.07) is 21.9. The van der Waals surface area contributed by atoms with Crippen LogP contribution in [0.1, 0.15) is 43.4 Å². The van der Waals surface area contributed by atoms with Crippen molar-refractivity contribution in [3.8, 4) is 11.5 Å². The lowest BCUT2D eigenvalue weighted by Gasteiger charge is -2.15. The molecule has 2 atom stereocenters. The van der Waals surface area contributed by atoms with Crippen molar-refractivity contribution in [2.75, 3.05) is 39.6 Å². The van der Waals surface area contributed by atoms with Crippen molar-refractivity contribution in [3.63, 3.8) is 0 Å². The van der Waals surface area contributed by atoms with E-state index in [2.05, 4.69) is 0 Å². The molecule has 0 aliphatic heterocycles. The first kappa shape index (κ1) is 43.6. The number of ether oxygens (including phenoxy) is 5. The standard InChI is InChI=1S/C23H26O7.C16H20O7/c1-2-29-23(27)19(12-17-8-10-20(24)11-9-17)13-21(25)15-28-16-22(26)30-14-18-6-4-3-5-7-18;1-2-23-16(21)12(7-11-3-5-13(17)6-4-11)8-14(18)9-22-10-15(19)20/h3-11,19,24H,2,12-16H2,1H3;3-6,12,17H,2,7-10H2,1H3,(H,19,20). The smallest absolute Gasteiger partial charge is 0.332 e. The van der Waals surface area contributed by atoms with Gasteiger partial charge in [0.05, 0.1) is 25.0 Å². The van der Waals surface area contributed by atoms with Crippen molar-refractivity contribution in [1.29, 1.82) is 0 Å². The number of phenols is 2. The molecule has 0 spiro atoms. The predicted molar refractivity (Wildman–Crippen MR) is 189 cm³/mol. The second-order valence-corrected chi connectivity index (χ2v) is 11.7. The van der Waals surface area contributed by atoms with Crippen LogP contribution in [0.4, 0.5) is 0 Å². The Morgan fingerprint density at radius 1 is 0.547 bits per heavy atom. The van der Waals surface area contributed by atoms with E-state index in [9.17, 15) is 39.0 Å². The first-order valence-corrected chi connectivity index (χ1v) is 16.9. The minimum atomic E-state index is -1.16. The molecule has 0 radical (unpaired) electrons. The molecule has 3 aromatic carbocycles. The Morgan fingerprint density at radius 2 is 0.981 bits per heavy atom. The third-order valence-electron chi connectivity index (χ3n) is 7.24. The minimum Gasteiger partial charge on any atom is -0.508 e. The SMILES string of the molecule is CCOC(=O)C(CC(=O)COCC(=O)O)Cc1ccc(O)cc1.CCOC(=O)C(CC(=O)COCC(=O)OCc1ccccc1)Cc1ccc(O)cc1. The van der Waals surface area contributed by atoms with Gasteiger partial charge < -0.3 is 39.0 Å². The van der Waals surface area contributed by atoms with Crippen LogP contribution in [0.2, 0.25) is 0 Å². The number of hydrogen-bond acceptors (Lipinski definition) is 13. The van der Waals surface area contributed by atoms with Crippen LogP contribution in [0, 0.1) is 11.8 Å². The number of aliphatic carboxylic acids is 1. The van der Waals surface area contributed by atoms with Gasteiger partial charge in [0.1, 0.15) is 44.5 Å². The number of aromatic hydroxyl groups is 2. The summed E-state index contributed by atoms with van der Waals surface area (Å²) < 4.78 is 25.0. The number of esters is 3. The maximum absolute atomic E-state index is 12.2. The number of Topliss-reactive ketones (excluding diaryl/α,β-unsaturated/α-hetero) is 2.